The van der Waals surface area contributed by atoms with E-state index in [1.54, 1.807) is 18.7 Å². The molecule has 25 heavy (non-hydrogen) atoms. The van der Waals surface area contributed by atoms with E-state index in [0.717, 1.165) is 31.6 Å². The van der Waals surface area contributed by atoms with Crippen LogP contribution < -0.4 is 10.2 Å². The molecule has 5 nitrogen and oxygen atoms in total. The number of anilines is 1. The number of carbonyl (C=O) groups is 2. The van der Waals surface area contributed by atoms with Gasteiger partial charge >= 0.3 is 0 Å². The number of hydrogen-bond donors (Lipinski definition) is 1. The molecule has 1 fully saturated rings. The molecular weight excluding hydrogens is 338 g/mol. The van der Waals surface area contributed by atoms with Gasteiger partial charge in [0.2, 0.25) is 11.8 Å². The number of unbranched alkanes of at least 4 members (excludes halogenated alkanes) is 1. The maximum absolute atomic E-state index is 12.8. The first-order valence-corrected chi connectivity index (χ1v) is 9.32. The van der Waals surface area contributed by atoms with Gasteiger partial charge in [0, 0.05) is 43.4 Å². The minimum absolute atomic E-state index is 0.104. The third kappa shape index (κ3) is 4.88. The lowest BCUT2D eigenvalue weighted by Crippen LogP contribution is -2.55. The molecule has 1 saturated heterocycles. The number of carbonyl (C=O) groups excluding carboxylic acids is 2. The summed E-state index contributed by atoms with van der Waals surface area (Å²) in [5, 5.41) is 3.58. The Labute approximate surface area is 155 Å². The summed E-state index contributed by atoms with van der Waals surface area (Å²) in [6, 6.07) is 7.74. The van der Waals surface area contributed by atoms with Crippen molar-refractivity contribution in [1.82, 2.24) is 10.2 Å². The molecule has 0 spiro atoms. The highest BCUT2D eigenvalue weighted by molar-refractivity contribution is 6.30. The van der Waals surface area contributed by atoms with Crippen LogP contribution in [0.4, 0.5) is 5.69 Å². The van der Waals surface area contributed by atoms with E-state index in [1.165, 1.54) is 0 Å². The maximum atomic E-state index is 12.8. The van der Waals surface area contributed by atoms with Crippen LogP contribution in [0.3, 0.4) is 0 Å². The second-order valence-electron chi connectivity index (χ2n) is 6.99. The number of nitrogens with one attached hydrogen (secondary N) is 1. The number of halogens is 1. The molecule has 0 atom stereocenters. The molecule has 2 amide bonds. The summed E-state index contributed by atoms with van der Waals surface area (Å²) < 4.78 is 0. The van der Waals surface area contributed by atoms with Crippen LogP contribution in [0.2, 0.25) is 5.02 Å². The van der Waals surface area contributed by atoms with Gasteiger partial charge in [0.05, 0.1) is 0 Å². The molecule has 1 aliphatic rings. The van der Waals surface area contributed by atoms with Crippen LogP contribution in [0, 0.1) is 5.41 Å². The van der Waals surface area contributed by atoms with Gasteiger partial charge in [0.25, 0.3) is 0 Å². The van der Waals surface area contributed by atoms with Crippen molar-refractivity contribution < 1.29 is 9.59 Å². The van der Waals surface area contributed by atoms with Gasteiger partial charge in [-0.2, -0.15) is 0 Å². The summed E-state index contributed by atoms with van der Waals surface area (Å²) >= 11 is 6.05. The molecule has 1 N–H and O–H groups in total. The number of amides is 2. The van der Waals surface area contributed by atoms with E-state index in [-0.39, 0.29) is 11.8 Å². The summed E-state index contributed by atoms with van der Waals surface area (Å²) in [5.74, 6) is -0.296. The molecule has 1 heterocycles. The fourth-order valence-corrected chi connectivity index (χ4v) is 3.12. The molecule has 0 bridgehead atoms. The highest BCUT2D eigenvalue weighted by Crippen LogP contribution is 2.24. The summed E-state index contributed by atoms with van der Waals surface area (Å²) in [4.78, 5) is 29.2. The van der Waals surface area contributed by atoms with Crippen LogP contribution in [-0.2, 0) is 9.59 Å². The first-order valence-electron chi connectivity index (χ1n) is 8.94. The van der Waals surface area contributed by atoms with Crippen LogP contribution in [0.15, 0.2) is 24.3 Å². The highest BCUT2D eigenvalue weighted by Gasteiger charge is 2.39. The zero-order valence-corrected chi connectivity index (χ0v) is 16.1. The fourth-order valence-electron chi connectivity index (χ4n) is 2.93. The lowest BCUT2D eigenvalue weighted by Gasteiger charge is -2.39. The SMILES string of the molecule is CCCCNC(=O)C(C)(C)C(=O)N1CCN(c2cccc(Cl)c2)CC1. The predicted molar refractivity (Wildman–Crippen MR) is 102 cm³/mol. The normalized spacial score (nSPS) is 15.2. The Bertz CT molecular complexity index is 610. The first kappa shape index (κ1) is 19.6. The second-order valence-corrected chi connectivity index (χ2v) is 7.43. The monoisotopic (exact) mass is 365 g/mol. The molecule has 0 aliphatic carbocycles. The smallest absolute Gasteiger partial charge is 0.237 e. The molecule has 138 valence electrons. The number of rotatable bonds is 6. The van der Waals surface area contributed by atoms with Crippen molar-refractivity contribution in [3.63, 3.8) is 0 Å². The van der Waals surface area contributed by atoms with E-state index in [0.29, 0.717) is 24.7 Å². The van der Waals surface area contributed by atoms with Crippen molar-refractivity contribution in [2.75, 3.05) is 37.6 Å². The second kappa shape index (κ2) is 8.56. The van der Waals surface area contributed by atoms with Crippen molar-refractivity contribution in [3.05, 3.63) is 29.3 Å². The van der Waals surface area contributed by atoms with E-state index >= 15 is 0 Å². The zero-order chi connectivity index (χ0) is 18.4. The van der Waals surface area contributed by atoms with E-state index in [1.807, 2.05) is 24.3 Å². The summed E-state index contributed by atoms with van der Waals surface area (Å²) in [5.41, 5.74) is 0.0301. The minimum atomic E-state index is -1.04. The molecule has 0 aromatic heterocycles. The molecule has 1 aliphatic heterocycles. The number of benzene rings is 1. The van der Waals surface area contributed by atoms with Crippen molar-refractivity contribution in [2.45, 2.75) is 33.6 Å². The van der Waals surface area contributed by atoms with Crippen molar-refractivity contribution in [1.29, 1.82) is 0 Å². The minimum Gasteiger partial charge on any atom is -0.368 e. The van der Waals surface area contributed by atoms with Crippen molar-refractivity contribution >= 4 is 29.1 Å². The van der Waals surface area contributed by atoms with Crippen molar-refractivity contribution in [2.24, 2.45) is 5.41 Å². The van der Waals surface area contributed by atoms with E-state index in [4.69, 9.17) is 11.6 Å². The van der Waals surface area contributed by atoms with E-state index < -0.39 is 5.41 Å². The molecule has 0 saturated carbocycles. The lowest BCUT2D eigenvalue weighted by molar-refractivity contribution is -0.148. The topological polar surface area (TPSA) is 52.7 Å². The molecule has 0 unspecified atom stereocenters. The molecule has 1 aromatic carbocycles. The van der Waals surface area contributed by atoms with Gasteiger partial charge in [-0.25, -0.2) is 0 Å². The Balaban J connectivity index is 1.92. The Morgan fingerprint density at radius 2 is 1.88 bits per heavy atom. The summed E-state index contributed by atoms with van der Waals surface area (Å²) in [6.45, 7) is 8.80. The Hall–Kier alpha value is -1.75. The fraction of sp³-hybridized carbons (Fsp3) is 0.579. The van der Waals surface area contributed by atoms with E-state index in [2.05, 4.69) is 17.1 Å². The molecule has 6 heteroatoms. The third-order valence-corrected chi connectivity index (χ3v) is 4.89. The van der Waals surface area contributed by atoms with E-state index in [9.17, 15) is 9.59 Å². The third-order valence-electron chi connectivity index (χ3n) is 4.66. The Morgan fingerprint density at radius 1 is 1.20 bits per heavy atom. The van der Waals surface area contributed by atoms with Gasteiger partial charge in [0.1, 0.15) is 5.41 Å². The Kier molecular flexibility index (Phi) is 6.71. The number of piperazine rings is 1. The lowest BCUT2D eigenvalue weighted by atomic mass is 9.90. The standard InChI is InChI=1S/C19H28ClN3O2/c1-4-5-9-21-17(24)19(2,3)18(25)23-12-10-22(11-13-23)16-8-6-7-15(20)14-16/h6-8,14H,4-5,9-13H2,1-3H3,(H,21,24). The average molecular weight is 366 g/mol. The van der Waals surface area contributed by atoms with Gasteiger partial charge in [-0.3, -0.25) is 9.59 Å². The van der Waals surface area contributed by atoms with Crippen LogP contribution in [0.25, 0.3) is 0 Å². The highest BCUT2D eigenvalue weighted by atomic mass is 35.5. The van der Waals surface area contributed by atoms with Gasteiger partial charge in [-0.15, -0.1) is 0 Å². The van der Waals surface area contributed by atoms with Gasteiger partial charge in [-0.05, 0) is 38.5 Å². The van der Waals surface area contributed by atoms with Gasteiger partial charge in [-0.1, -0.05) is 31.0 Å². The molecule has 0 radical (unpaired) electrons. The summed E-state index contributed by atoms with van der Waals surface area (Å²) in [7, 11) is 0. The molecule has 1 aromatic rings. The van der Waals surface area contributed by atoms with Crippen molar-refractivity contribution in [3.8, 4) is 0 Å². The molecule has 2 rings (SSSR count). The summed E-state index contributed by atoms with van der Waals surface area (Å²) in [6.07, 6.45) is 1.94. The van der Waals surface area contributed by atoms with Gasteiger partial charge < -0.3 is 15.1 Å². The van der Waals surface area contributed by atoms with Crippen LogP contribution in [0.5, 0.6) is 0 Å². The number of nitrogens with zero attached hydrogens (tertiary/aromatic N) is 2. The maximum Gasteiger partial charge on any atom is 0.237 e. The van der Waals surface area contributed by atoms with Crippen LogP contribution in [-0.4, -0.2) is 49.4 Å². The largest absolute Gasteiger partial charge is 0.368 e. The van der Waals surface area contributed by atoms with Gasteiger partial charge in [0.15, 0.2) is 0 Å². The van der Waals surface area contributed by atoms with Crippen LogP contribution >= 0.6 is 11.6 Å². The number of hydrogen-bond acceptors (Lipinski definition) is 3. The average Bonchev–Trinajstić information content (AvgIpc) is 2.61. The Morgan fingerprint density at radius 3 is 2.48 bits per heavy atom. The molecular formula is C19H28ClN3O2. The van der Waals surface area contributed by atoms with Crippen LogP contribution in [0.1, 0.15) is 33.6 Å². The quantitative estimate of drug-likeness (QED) is 0.623. The zero-order valence-electron chi connectivity index (χ0n) is 15.3. The predicted octanol–water partition coefficient (Wildman–Crippen LogP) is 2.93. The first-order chi connectivity index (χ1) is 11.9.